The fourth-order valence-corrected chi connectivity index (χ4v) is 2.23. The SMILES string of the molecule is CC1CC1(O)c1cccs1. The second-order valence-electron chi connectivity index (χ2n) is 3.01. The molecule has 1 N–H and O–H groups in total. The third-order valence-corrected chi connectivity index (χ3v) is 3.26. The molecule has 2 atom stereocenters. The Labute approximate surface area is 64.3 Å². The zero-order chi connectivity index (χ0) is 7.19. The van der Waals surface area contributed by atoms with Crippen LogP contribution in [0, 0.1) is 5.92 Å². The summed E-state index contributed by atoms with van der Waals surface area (Å²) in [5, 5.41) is 11.8. The quantitative estimate of drug-likeness (QED) is 0.655. The second kappa shape index (κ2) is 1.83. The maximum Gasteiger partial charge on any atom is 0.102 e. The van der Waals surface area contributed by atoms with E-state index < -0.39 is 5.60 Å². The Morgan fingerprint density at radius 3 is 2.90 bits per heavy atom. The highest BCUT2D eigenvalue weighted by Gasteiger charge is 2.51. The van der Waals surface area contributed by atoms with Gasteiger partial charge in [-0.2, -0.15) is 0 Å². The van der Waals surface area contributed by atoms with Gasteiger partial charge >= 0.3 is 0 Å². The Morgan fingerprint density at radius 2 is 2.50 bits per heavy atom. The third kappa shape index (κ3) is 0.724. The molecule has 1 heterocycles. The minimum Gasteiger partial charge on any atom is -0.384 e. The lowest BCUT2D eigenvalue weighted by Gasteiger charge is -2.03. The highest BCUT2D eigenvalue weighted by atomic mass is 32.1. The van der Waals surface area contributed by atoms with E-state index in [1.165, 1.54) is 0 Å². The summed E-state index contributed by atoms with van der Waals surface area (Å²) in [5.41, 5.74) is -0.450. The van der Waals surface area contributed by atoms with Crippen molar-refractivity contribution < 1.29 is 5.11 Å². The normalized spacial score (nSPS) is 38.0. The lowest BCUT2D eigenvalue weighted by molar-refractivity contribution is 0.138. The van der Waals surface area contributed by atoms with Crippen molar-refractivity contribution in [1.29, 1.82) is 0 Å². The summed E-state index contributed by atoms with van der Waals surface area (Å²) in [6.07, 6.45) is 0.938. The van der Waals surface area contributed by atoms with E-state index >= 15 is 0 Å². The molecule has 1 saturated carbocycles. The summed E-state index contributed by atoms with van der Waals surface area (Å²) < 4.78 is 0. The van der Waals surface area contributed by atoms with E-state index in [0.717, 1.165) is 11.3 Å². The molecule has 10 heavy (non-hydrogen) atoms. The van der Waals surface area contributed by atoms with Crippen molar-refractivity contribution in [1.82, 2.24) is 0 Å². The van der Waals surface area contributed by atoms with Crippen LogP contribution in [0.25, 0.3) is 0 Å². The molecule has 1 aromatic heterocycles. The maximum absolute atomic E-state index is 9.77. The molecule has 2 rings (SSSR count). The largest absolute Gasteiger partial charge is 0.384 e. The molecule has 0 radical (unpaired) electrons. The molecule has 0 aromatic carbocycles. The summed E-state index contributed by atoms with van der Waals surface area (Å²) >= 11 is 1.65. The standard InChI is InChI=1S/C8H10OS/c1-6-5-8(6,9)7-3-2-4-10-7/h2-4,6,9H,5H2,1H3. The highest BCUT2D eigenvalue weighted by Crippen LogP contribution is 2.52. The minimum atomic E-state index is -0.450. The van der Waals surface area contributed by atoms with Gasteiger partial charge in [-0.25, -0.2) is 0 Å². The Morgan fingerprint density at radius 1 is 1.80 bits per heavy atom. The van der Waals surface area contributed by atoms with Crippen LogP contribution in [0.3, 0.4) is 0 Å². The molecule has 1 aliphatic carbocycles. The van der Waals surface area contributed by atoms with Gasteiger partial charge in [0.2, 0.25) is 0 Å². The average Bonchev–Trinajstić information content (AvgIpc) is 2.35. The first-order valence-corrected chi connectivity index (χ1v) is 4.38. The first-order chi connectivity index (χ1) is 4.73. The van der Waals surface area contributed by atoms with Crippen LogP contribution in [-0.2, 0) is 5.60 Å². The van der Waals surface area contributed by atoms with Gasteiger partial charge in [-0.3, -0.25) is 0 Å². The van der Waals surface area contributed by atoms with E-state index in [1.807, 2.05) is 17.5 Å². The van der Waals surface area contributed by atoms with E-state index in [0.29, 0.717) is 5.92 Å². The molecule has 0 amide bonds. The van der Waals surface area contributed by atoms with Gasteiger partial charge < -0.3 is 5.11 Å². The van der Waals surface area contributed by atoms with E-state index in [4.69, 9.17) is 0 Å². The summed E-state index contributed by atoms with van der Waals surface area (Å²) in [6, 6.07) is 4.00. The molecule has 0 aliphatic heterocycles. The van der Waals surface area contributed by atoms with Gasteiger partial charge in [-0.1, -0.05) is 13.0 Å². The van der Waals surface area contributed by atoms with Crippen LogP contribution >= 0.6 is 11.3 Å². The molecule has 1 aliphatic rings. The number of hydrogen-bond donors (Lipinski definition) is 1. The molecule has 2 unspecified atom stereocenters. The lowest BCUT2D eigenvalue weighted by atomic mass is 10.2. The van der Waals surface area contributed by atoms with Crippen molar-refractivity contribution >= 4 is 11.3 Å². The van der Waals surface area contributed by atoms with Crippen LogP contribution in [-0.4, -0.2) is 5.11 Å². The molecule has 54 valence electrons. The minimum absolute atomic E-state index is 0.450. The monoisotopic (exact) mass is 154 g/mol. The predicted octanol–water partition coefficient (Wildman–Crippen LogP) is 1.98. The van der Waals surface area contributed by atoms with Crippen molar-refractivity contribution in [3.05, 3.63) is 22.4 Å². The number of hydrogen-bond acceptors (Lipinski definition) is 2. The lowest BCUT2D eigenvalue weighted by Crippen LogP contribution is -2.03. The van der Waals surface area contributed by atoms with Crippen LogP contribution in [0.15, 0.2) is 17.5 Å². The van der Waals surface area contributed by atoms with Gasteiger partial charge in [-0.05, 0) is 23.8 Å². The molecule has 0 spiro atoms. The zero-order valence-corrected chi connectivity index (χ0v) is 6.69. The van der Waals surface area contributed by atoms with Crippen molar-refractivity contribution in [3.63, 3.8) is 0 Å². The van der Waals surface area contributed by atoms with Crippen LogP contribution in [0.5, 0.6) is 0 Å². The Hall–Kier alpha value is -0.340. The Balaban J connectivity index is 2.30. The second-order valence-corrected chi connectivity index (χ2v) is 3.95. The predicted molar refractivity (Wildman–Crippen MR) is 42.0 cm³/mol. The van der Waals surface area contributed by atoms with Crippen molar-refractivity contribution in [2.24, 2.45) is 5.92 Å². The molecule has 2 heteroatoms. The number of aliphatic hydroxyl groups is 1. The molecule has 1 fully saturated rings. The molecular formula is C8H10OS. The van der Waals surface area contributed by atoms with Gasteiger partial charge in [0.05, 0.1) is 0 Å². The van der Waals surface area contributed by atoms with Crippen molar-refractivity contribution in [3.8, 4) is 0 Å². The maximum atomic E-state index is 9.77. The summed E-state index contributed by atoms with van der Waals surface area (Å²) in [5.74, 6) is 0.464. The third-order valence-electron chi connectivity index (χ3n) is 2.22. The van der Waals surface area contributed by atoms with Crippen LogP contribution < -0.4 is 0 Å². The smallest absolute Gasteiger partial charge is 0.102 e. The Kier molecular flexibility index (Phi) is 1.17. The van der Waals surface area contributed by atoms with Gasteiger partial charge in [0, 0.05) is 4.88 Å². The first kappa shape index (κ1) is 6.38. The van der Waals surface area contributed by atoms with Gasteiger partial charge in [0.1, 0.15) is 5.60 Å². The van der Waals surface area contributed by atoms with Crippen LogP contribution in [0.2, 0.25) is 0 Å². The van der Waals surface area contributed by atoms with E-state index in [2.05, 4.69) is 6.92 Å². The molecule has 0 saturated heterocycles. The Bertz CT molecular complexity index is 229. The molecule has 0 bridgehead atoms. The fourth-order valence-electron chi connectivity index (χ4n) is 1.28. The number of rotatable bonds is 1. The first-order valence-electron chi connectivity index (χ1n) is 3.50. The topological polar surface area (TPSA) is 20.2 Å². The van der Waals surface area contributed by atoms with Gasteiger partial charge in [-0.15, -0.1) is 11.3 Å². The number of thiophene rings is 1. The van der Waals surface area contributed by atoms with E-state index in [-0.39, 0.29) is 0 Å². The van der Waals surface area contributed by atoms with Gasteiger partial charge in [0.15, 0.2) is 0 Å². The van der Waals surface area contributed by atoms with Crippen molar-refractivity contribution in [2.75, 3.05) is 0 Å². The van der Waals surface area contributed by atoms with Crippen molar-refractivity contribution in [2.45, 2.75) is 18.9 Å². The molecule has 1 nitrogen and oxygen atoms in total. The molecule has 1 aromatic rings. The molecular weight excluding hydrogens is 144 g/mol. The summed E-state index contributed by atoms with van der Waals surface area (Å²) in [7, 11) is 0. The summed E-state index contributed by atoms with van der Waals surface area (Å²) in [6.45, 7) is 2.08. The van der Waals surface area contributed by atoms with Gasteiger partial charge in [0.25, 0.3) is 0 Å². The summed E-state index contributed by atoms with van der Waals surface area (Å²) in [4.78, 5) is 1.13. The van der Waals surface area contributed by atoms with E-state index in [1.54, 1.807) is 11.3 Å². The highest BCUT2D eigenvalue weighted by molar-refractivity contribution is 7.10. The zero-order valence-electron chi connectivity index (χ0n) is 5.87. The van der Waals surface area contributed by atoms with Crippen LogP contribution in [0.1, 0.15) is 18.2 Å². The average molecular weight is 154 g/mol. The van der Waals surface area contributed by atoms with Crippen LogP contribution in [0.4, 0.5) is 0 Å². The van der Waals surface area contributed by atoms with E-state index in [9.17, 15) is 5.11 Å². The fraction of sp³-hybridized carbons (Fsp3) is 0.500.